The topological polar surface area (TPSA) is 90.0 Å². The van der Waals surface area contributed by atoms with Gasteiger partial charge < -0.3 is 10.2 Å². The molecule has 2 fully saturated rings. The van der Waals surface area contributed by atoms with E-state index >= 15 is 0 Å². The Labute approximate surface area is 212 Å². The number of nitrogens with zero attached hydrogens (tertiary/aromatic N) is 5. The lowest BCUT2D eigenvalue weighted by Gasteiger charge is -2.31. The van der Waals surface area contributed by atoms with Crippen LogP contribution in [0.5, 0.6) is 0 Å². The van der Waals surface area contributed by atoms with Crippen LogP contribution in [-0.4, -0.2) is 63.1 Å². The minimum atomic E-state index is -2.56. The third-order valence-corrected chi connectivity index (χ3v) is 7.09. The molecular formula is C27H27F2N7O. The molecule has 1 amide bonds. The second kappa shape index (κ2) is 9.51. The van der Waals surface area contributed by atoms with Crippen molar-refractivity contribution in [2.24, 2.45) is 0 Å². The lowest BCUT2D eigenvalue weighted by atomic mass is 10.0. The molecular weight excluding hydrogens is 476 g/mol. The number of carbonyl (C=O) groups excluding carboxylic acids is 1. The van der Waals surface area contributed by atoms with E-state index in [0.29, 0.717) is 36.4 Å². The highest BCUT2D eigenvalue weighted by molar-refractivity contribution is 6.11. The molecule has 6 rings (SSSR count). The highest BCUT2D eigenvalue weighted by Gasteiger charge is 2.33. The average molecular weight is 504 g/mol. The number of hydrogen-bond acceptors (Lipinski definition) is 6. The summed E-state index contributed by atoms with van der Waals surface area (Å²) in [5.74, 6) is -1.97. The molecule has 0 atom stereocenters. The zero-order valence-electron chi connectivity index (χ0n) is 20.3. The Balaban J connectivity index is 1.19. The molecule has 10 heteroatoms. The molecule has 2 N–H and O–H groups in total. The van der Waals surface area contributed by atoms with Crippen molar-refractivity contribution in [3.8, 4) is 11.1 Å². The lowest BCUT2D eigenvalue weighted by molar-refractivity contribution is -0.0566. The van der Waals surface area contributed by atoms with E-state index in [9.17, 15) is 13.6 Å². The number of aromatic nitrogens is 4. The number of benzene rings is 1. The molecule has 0 unspecified atom stereocenters. The number of likely N-dealkylation sites (tertiary alicyclic amines) is 1. The fourth-order valence-corrected chi connectivity index (χ4v) is 4.78. The normalized spacial score (nSPS) is 17.5. The van der Waals surface area contributed by atoms with E-state index in [1.807, 2.05) is 41.3 Å². The summed E-state index contributed by atoms with van der Waals surface area (Å²) in [6, 6.07) is 11.5. The van der Waals surface area contributed by atoms with Crippen molar-refractivity contribution in [2.75, 3.05) is 36.4 Å². The van der Waals surface area contributed by atoms with Crippen molar-refractivity contribution >= 4 is 28.3 Å². The summed E-state index contributed by atoms with van der Waals surface area (Å²) in [6.07, 6.45) is 6.15. The highest BCUT2D eigenvalue weighted by atomic mass is 19.3. The first-order valence-electron chi connectivity index (χ1n) is 12.5. The molecule has 190 valence electrons. The number of anilines is 2. The minimum Gasteiger partial charge on any atom is -0.356 e. The van der Waals surface area contributed by atoms with Gasteiger partial charge in [0.15, 0.2) is 5.69 Å². The van der Waals surface area contributed by atoms with Crippen LogP contribution in [0.3, 0.4) is 0 Å². The number of pyridine rings is 2. The van der Waals surface area contributed by atoms with Crippen LogP contribution in [0.15, 0.2) is 55.0 Å². The monoisotopic (exact) mass is 503 g/mol. The van der Waals surface area contributed by atoms with Crippen LogP contribution in [0.4, 0.5) is 20.3 Å². The highest BCUT2D eigenvalue weighted by Crippen LogP contribution is 2.30. The first-order valence-corrected chi connectivity index (χ1v) is 12.5. The van der Waals surface area contributed by atoms with Gasteiger partial charge in [-0.05, 0) is 47.9 Å². The Kier molecular flexibility index (Phi) is 6.03. The molecule has 0 saturated carbocycles. The van der Waals surface area contributed by atoms with Gasteiger partial charge in [0.25, 0.3) is 11.8 Å². The number of piperidine rings is 1. The number of amides is 1. The number of H-pyrrole nitrogens is 1. The van der Waals surface area contributed by atoms with E-state index in [1.165, 1.54) is 6.42 Å². The molecule has 2 aliphatic heterocycles. The SMILES string of the molecule is O=C(Nc1ccc(N2CCC2)nc1)c1n[nH]c2ccc(-c3cncc(CN4CCC(F)(F)CC4)c3)cc12. The molecule has 0 radical (unpaired) electrons. The predicted octanol–water partition coefficient (Wildman–Crippen LogP) is 4.71. The van der Waals surface area contributed by atoms with Crippen molar-refractivity contribution in [2.45, 2.75) is 31.7 Å². The van der Waals surface area contributed by atoms with Crippen molar-refractivity contribution in [1.82, 2.24) is 25.1 Å². The Morgan fingerprint density at radius 2 is 1.84 bits per heavy atom. The van der Waals surface area contributed by atoms with Gasteiger partial charge in [0.05, 0.1) is 17.4 Å². The number of hydrogen-bond donors (Lipinski definition) is 2. The predicted molar refractivity (Wildman–Crippen MR) is 138 cm³/mol. The Hall–Kier alpha value is -3.92. The van der Waals surface area contributed by atoms with Crippen molar-refractivity contribution in [3.63, 3.8) is 0 Å². The fraction of sp³-hybridized carbons (Fsp3) is 0.333. The minimum absolute atomic E-state index is 0.110. The third-order valence-electron chi connectivity index (χ3n) is 7.09. The molecule has 4 aromatic rings. The molecule has 5 heterocycles. The molecule has 3 aromatic heterocycles. The zero-order chi connectivity index (χ0) is 25.4. The maximum Gasteiger partial charge on any atom is 0.276 e. The number of halogens is 2. The van der Waals surface area contributed by atoms with Gasteiger partial charge in [0, 0.05) is 68.9 Å². The van der Waals surface area contributed by atoms with Crippen molar-refractivity contribution in [1.29, 1.82) is 0 Å². The van der Waals surface area contributed by atoms with Gasteiger partial charge in [0.2, 0.25) is 0 Å². The number of aromatic amines is 1. The maximum atomic E-state index is 13.5. The van der Waals surface area contributed by atoms with Crippen LogP contribution in [0.1, 0.15) is 35.3 Å². The summed E-state index contributed by atoms with van der Waals surface area (Å²) in [4.78, 5) is 26.1. The molecule has 1 aromatic carbocycles. The van der Waals surface area contributed by atoms with E-state index in [-0.39, 0.29) is 18.7 Å². The van der Waals surface area contributed by atoms with E-state index in [4.69, 9.17) is 0 Å². The van der Waals surface area contributed by atoms with Gasteiger partial charge >= 0.3 is 0 Å². The largest absolute Gasteiger partial charge is 0.356 e. The molecule has 2 aliphatic rings. The molecule has 0 bridgehead atoms. The number of alkyl halides is 2. The third kappa shape index (κ3) is 5.01. The van der Waals surface area contributed by atoms with Gasteiger partial charge in [0.1, 0.15) is 5.82 Å². The van der Waals surface area contributed by atoms with Crippen molar-refractivity contribution < 1.29 is 13.6 Å². The van der Waals surface area contributed by atoms with Crippen LogP contribution in [-0.2, 0) is 6.54 Å². The van der Waals surface area contributed by atoms with Crippen LogP contribution >= 0.6 is 0 Å². The number of carbonyl (C=O) groups is 1. The van der Waals surface area contributed by atoms with E-state index < -0.39 is 5.92 Å². The Morgan fingerprint density at radius 1 is 1.00 bits per heavy atom. The summed E-state index contributed by atoms with van der Waals surface area (Å²) in [5.41, 5.74) is 4.39. The summed E-state index contributed by atoms with van der Waals surface area (Å²) in [6.45, 7) is 3.33. The van der Waals surface area contributed by atoms with Crippen molar-refractivity contribution in [3.05, 3.63) is 66.2 Å². The zero-order valence-corrected chi connectivity index (χ0v) is 20.3. The molecule has 37 heavy (non-hydrogen) atoms. The smallest absolute Gasteiger partial charge is 0.276 e. The average Bonchev–Trinajstić information content (AvgIpc) is 3.29. The quantitative estimate of drug-likeness (QED) is 0.396. The first-order chi connectivity index (χ1) is 17.9. The number of nitrogens with one attached hydrogen (secondary N) is 2. The Bertz CT molecular complexity index is 1420. The molecule has 8 nitrogen and oxygen atoms in total. The van der Waals surface area contributed by atoms with Crippen LogP contribution < -0.4 is 10.2 Å². The summed E-state index contributed by atoms with van der Waals surface area (Å²) >= 11 is 0. The van der Waals surface area contributed by atoms with Gasteiger partial charge in [-0.1, -0.05) is 6.07 Å². The van der Waals surface area contributed by atoms with Gasteiger partial charge in [-0.3, -0.25) is 19.8 Å². The lowest BCUT2D eigenvalue weighted by Crippen LogP contribution is -2.38. The summed E-state index contributed by atoms with van der Waals surface area (Å²) < 4.78 is 27.0. The standard InChI is InChI=1S/C27H27F2N7O/c28-27(29)6-10-35(11-7-27)17-18-12-20(15-30-14-18)19-2-4-23-22(13-19)25(34-33-23)26(37)32-21-3-5-24(31-16-21)36-8-1-9-36/h2-5,12-16H,1,6-11,17H2,(H,32,37)(H,33,34). The number of rotatable bonds is 6. The van der Waals surface area contributed by atoms with Gasteiger partial charge in [-0.25, -0.2) is 13.8 Å². The summed E-state index contributed by atoms with van der Waals surface area (Å²) in [7, 11) is 0. The summed E-state index contributed by atoms with van der Waals surface area (Å²) in [5, 5.41) is 10.8. The number of fused-ring (bicyclic) bond motifs is 1. The van der Waals surface area contributed by atoms with Gasteiger partial charge in [-0.2, -0.15) is 5.10 Å². The van der Waals surface area contributed by atoms with Crippen LogP contribution in [0.2, 0.25) is 0 Å². The van der Waals surface area contributed by atoms with Crippen LogP contribution in [0.25, 0.3) is 22.0 Å². The maximum absolute atomic E-state index is 13.5. The Morgan fingerprint density at radius 3 is 2.57 bits per heavy atom. The fourth-order valence-electron chi connectivity index (χ4n) is 4.78. The second-order valence-corrected chi connectivity index (χ2v) is 9.75. The van der Waals surface area contributed by atoms with E-state index in [1.54, 1.807) is 18.6 Å². The second-order valence-electron chi connectivity index (χ2n) is 9.75. The molecule has 0 aliphatic carbocycles. The van der Waals surface area contributed by atoms with E-state index in [0.717, 1.165) is 41.1 Å². The van der Waals surface area contributed by atoms with Crippen LogP contribution in [0, 0.1) is 0 Å². The first kappa shape index (κ1) is 23.5. The van der Waals surface area contributed by atoms with Gasteiger partial charge in [-0.15, -0.1) is 0 Å². The molecule has 2 saturated heterocycles. The van der Waals surface area contributed by atoms with E-state index in [2.05, 4.69) is 30.4 Å². The molecule has 0 spiro atoms.